The Morgan fingerprint density at radius 2 is 1.88 bits per heavy atom. The van der Waals surface area contributed by atoms with E-state index in [-0.39, 0.29) is 0 Å². The highest BCUT2D eigenvalue weighted by molar-refractivity contribution is 9.10. The maximum atomic E-state index is 4.18. The molecule has 17 heavy (non-hydrogen) atoms. The Kier molecular flexibility index (Phi) is 3.74. The van der Waals surface area contributed by atoms with Crippen LogP contribution in [0.2, 0.25) is 0 Å². The Bertz CT molecular complexity index is 494. The molecule has 0 bridgehead atoms. The summed E-state index contributed by atoms with van der Waals surface area (Å²) in [6.45, 7) is 4.35. The SMILES string of the molecule is CC(C)c1cccc(Nc2ncc(Br)cn2)c1. The Morgan fingerprint density at radius 1 is 1.18 bits per heavy atom. The fourth-order valence-electron chi connectivity index (χ4n) is 1.48. The summed E-state index contributed by atoms with van der Waals surface area (Å²) in [6, 6.07) is 8.29. The number of rotatable bonds is 3. The maximum Gasteiger partial charge on any atom is 0.227 e. The molecule has 0 saturated carbocycles. The lowest BCUT2D eigenvalue weighted by Crippen LogP contribution is -1.97. The van der Waals surface area contributed by atoms with Gasteiger partial charge < -0.3 is 5.32 Å². The molecule has 1 N–H and O–H groups in total. The summed E-state index contributed by atoms with van der Waals surface area (Å²) >= 11 is 3.31. The van der Waals surface area contributed by atoms with Gasteiger partial charge in [-0.05, 0) is 39.5 Å². The second kappa shape index (κ2) is 5.27. The minimum atomic E-state index is 0.516. The van der Waals surface area contributed by atoms with Gasteiger partial charge in [0, 0.05) is 18.1 Å². The normalized spacial score (nSPS) is 10.6. The van der Waals surface area contributed by atoms with Crippen molar-refractivity contribution in [1.29, 1.82) is 0 Å². The molecule has 0 fully saturated rings. The zero-order valence-corrected chi connectivity index (χ0v) is 11.4. The van der Waals surface area contributed by atoms with Gasteiger partial charge in [-0.25, -0.2) is 9.97 Å². The zero-order chi connectivity index (χ0) is 12.3. The van der Waals surface area contributed by atoms with Gasteiger partial charge in [-0.3, -0.25) is 0 Å². The number of halogens is 1. The highest BCUT2D eigenvalue weighted by Gasteiger charge is 2.01. The smallest absolute Gasteiger partial charge is 0.227 e. The van der Waals surface area contributed by atoms with Crippen molar-refractivity contribution in [3.8, 4) is 0 Å². The third-order valence-corrected chi connectivity index (χ3v) is 2.84. The summed E-state index contributed by atoms with van der Waals surface area (Å²) in [5, 5.41) is 3.18. The van der Waals surface area contributed by atoms with Crippen LogP contribution in [0.25, 0.3) is 0 Å². The monoisotopic (exact) mass is 291 g/mol. The second-order valence-corrected chi connectivity index (χ2v) is 5.05. The summed E-state index contributed by atoms with van der Waals surface area (Å²) in [5.74, 6) is 1.12. The van der Waals surface area contributed by atoms with Crippen LogP contribution in [0.4, 0.5) is 11.6 Å². The van der Waals surface area contributed by atoms with Crippen LogP contribution in [0, 0.1) is 0 Å². The summed E-state index contributed by atoms with van der Waals surface area (Å²) in [7, 11) is 0. The van der Waals surface area contributed by atoms with E-state index >= 15 is 0 Å². The molecule has 3 nitrogen and oxygen atoms in total. The van der Waals surface area contributed by atoms with Crippen LogP contribution in [0.5, 0.6) is 0 Å². The fraction of sp³-hybridized carbons (Fsp3) is 0.231. The molecule has 0 amide bonds. The van der Waals surface area contributed by atoms with Gasteiger partial charge in [0.1, 0.15) is 0 Å². The Labute approximate surface area is 109 Å². The number of nitrogens with one attached hydrogen (secondary N) is 1. The van der Waals surface area contributed by atoms with E-state index in [2.05, 4.69) is 57.2 Å². The lowest BCUT2D eigenvalue weighted by molar-refractivity contribution is 0.867. The van der Waals surface area contributed by atoms with Crippen LogP contribution in [0.15, 0.2) is 41.1 Å². The lowest BCUT2D eigenvalue weighted by atomic mass is 10.0. The maximum absolute atomic E-state index is 4.18. The molecule has 0 unspecified atom stereocenters. The molecular weight excluding hydrogens is 278 g/mol. The molecule has 4 heteroatoms. The van der Waals surface area contributed by atoms with Gasteiger partial charge in [0.25, 0.3) is 0 Å². The molecule has 0 radical (unpaired) electrons. The Balaban J connectivity index is 2.18. The van der Waals surface area contributed by atoms with Crippen molar-refractivity contribution in [2.75, 3.05) is 5.32 Å². The van der Waals surface area contributed by atoms with Crippen molar-refractivity contribution in [3.05, 3.63) is 46.7 Å². The van der Waals surface area contributed by atoms with E-state index in [0.717, 1.165) is 10.2 Å². The van der Waals surface area contributed by atoms with Crippen LogP contribution in [0.1, 0.15) is 25.3 Å². The first-order valence-electron chi connectivity index (χ1n) is 5.49. The Hall–Kier alpha value is -1.42. The van der Waals surface area contributed by atoms with Crippen LogP contribution < -0.4 is 5.32 Å². The van der Waals surface area contributed by atoms with Crippen molar-refractivity contribution >= 4 is 27.6 Å². The van der Waals surface area contributed by atoms with Crippen molar-refractivity contribution in [2.24, 2.45) is 0 Å². The van der Waals surface area contributed by atoms with Gasteiger partial charge in [0.05, 0.1) is 4.47 Å². The van der Waals surface area contributed by atoms with E-state index in [9.17, 15) is 0 Å². The number of hydrogen-bond acceptors (Lipinski definition) is 3. The van der Waals surface area contributed by atoms with Gasteiger partial charge in [-0.2, -0.15) is 0 Å². The predicted octanol–water partition coefficient (Wildman–Crippen LogP) is 4.11. The fourth-order valence-corrected chi connectivity index (χ4v) is 1.69. The first-order chi connectivity index (χ1) is 8.15. The average molecular weight is 292 g/mol. The summed E-state index contributed by atoms with van der Waals surface area (Å²) in [5.41, 5.74) is 2.31. The molecular formula is C13H14BrN3. The average Bonchev–Trinajstić information content (AvgIpc) is 2.32. The molecule has 2 rings (SSSR count). The molecule has 1 heterocycles. The van der Waals surface area contributed by atoms with Crippen molar-refractivity contribution < 1.29 is 0 Å². The van der Waals surface area contributed by atoms with Crippen LogP contribution in [0.3, 0.4) is 0 Å². The highest BCUT2D eigenvalue weighted by atomic mass is 79.9. The zero-order valence-electron chi connectivity index (χ0n) is 9.81. The minimum Gasteiger partial charge on any atom is -0.324 e. The van der Waals surface area contributed by atoms with Gasteiger partial charge in [-0.1, -0.05) is 26.0 Å². The number of anilines is 2. The standard InChI is InChI=1S/C13H14BrN3/c1-9(2)10-4-3-5-12(6-10)17-13-15-7-11(14)8-16-13/h3-9H,1-2H3,(H,15,16,17). The summed E-state index contributed by atoms with van der Waals surface area (Å²) in [4.78, 5) is 8.36. The van der Waals surface area contributed by atoms with Crippen LogP contribution in [-0.4, -0.2) is 9.97 Å². The number of nitrogens with zero attached hydrogens (tertiary/aromatic N) is 2. The van der Waals surface area contributed by atoms with Gasteiger partial charge in [0.2, 0.25) is 5.95 Å². The van der Waals surface area contributed by atoms with Gasteiger partial charge in [-0.15, -0.1) is 0 Å². The number of hydrogen-bond donors (Lipinski definition) is 1. The Morgan fingerprint density at radius 3 is 2.53 bits per heavy atom. The van der Waals surface area contributed by atoms with Gasteiger partial charge >= 0.3 is 0 Å². The van der Waals surface area contributed by atoms with E-state index in [1.54, 1.807) is 12.4 Å². The number of benzene rings is 1. The molecule has 0 aliphatic heterocycles. The van der Waals surface area contributed by atoms with Crippen LogP contribution in [-0.2, 0) is 0 Å². The van der Waals surface area contributed by atoms with E-state index in [1.165, 1.54) is 5.56 Å². The second-order valence-electron chi connectivity index (χ2n) is 4.13. The molecule has 88 valence electrons. The first-order valence-corrected chi connectivity index (χ1v) is 6.29. The molecule has 1 aromatic carbocycles. The summed E-state index contributed by atoms with van der Waals surface area (Å²) in [6.07, 6.45) is 3.45. The van der Waals surface area contributed by atoms with E-state index in [4.69, 9.17) is 0 Å². The first kappa shape index (κ1) is 12.0. The molecule has 2 aromatic rings. The van der Waals surface area contributed by atoms with Gasteiger partial charge in [0.15, 0.2) is 0 Å². The minimum absolute atomic E-state index is 0.516. The molecule has 0 spiro atoms. The van der Waals surface area contributed by atoms with Crippen molar-refractivity contribution in [2.45, 2.75) is 19.8 Å². The summed E-state index contributed by atoms with van der Waals surface area (Å²) < 4.78 is 0.874. The third-order valence-electron chi connectivity index (χ3n) is 2.43. The topological polar surface area (TPSA) is 37.8 Å². The predicted molar refractivity (Wildman–Crippen MR) is 73.5 cm³/mol. The van der Waals surface area contributed by atoms with Crippen molar-refractivity contribution in [3.63, 3.8) is 0 Å². The van der Waals surface area contributed by atoms with E-state index < -0.39 is 0 Å². The molecule has 0 aliphatic carbocycles. The van der Waals surface area contributed by atoms with Crippen molar-refractivity contribution in [1.82, 2.24) is 9.97 Å². The highest BCUT2D eigenvalue weighted by Crippen LogP contribution is 2.20. The van der Waals surface area contributed by atoms with E-state index in [0.29, 0.717) is 11.9 Å². The largest absolute Gasteiger partial charge is 0.324 e. The number of aromatic nitrogens is 2. The van der Waals surface area contributed by atoms with E-state index in [1.807, 2.05) is 12.1 Å². The van der Waals surface area contributed by atoms with Crippen LogP contribution >= 0.6 is 15.9 Å². The quantitative estimate of drug-likeness (QED) is 0.925. The molecule has 0 saturated heterocycles. The molecule has 0 atom stereocenters. The lowest BCUT2D eigenvalue weighted by Gasteiger charge is -2.09. The molecule has 0 aliphatic rings. The molecule has 1 aromatic heterocycles. The third kappa shape index (κ3) is 3.27.